The SMILES string of the molecule is CN(C(=O)c1ccc([N+](=O)[O-])cc1)c1ccc(CN)cc1. The Morgan fingerprint density at radius 2 is 1.71 bits per heavy atom. The zero-order valence-corrected chi connectivity index (χ0v) is 11.5. The standard InChI is InChI=1S/C15H15N3O3/c1-17(13-6-2-11(10-16)3-7-13)15(19)12-4-8-14(9-5-12)18(20)21/h2-9H,10,16H2,1H3. The van der Waals surface area contributed by atoms with E-state index in [0.717, 1.165) is 11.3 Å². The molecule has 6 heteroatoms. The highest BCUT2D eigenvalue weighted by molar-refractivity contribution is 6.05. The van der Waals surface area contributed by atoms with Crippen molar-refractivity contribution in [2.75, 3.05) is 11.9 Å². The zero-order chi connectivity index (χ0) is 15.4. The average molecular weight is 285 g/mol. The molecule has 1 amide bonds. The van der Waals surface area contributed by atoms with Gasteiger partial charge in [0, 0.05) is 37.0 Å². The van der Waals surface area contributed by atoms with Crippen LogP contribution in [0.25, 0.3) is 0 Å². The molecular weight excluding hydrogens is 270 g/mol. The second-order valence-electron chi connectivity index (χ2n) is 4.54. The van der Waals surface area contributed by atoms with Crippen LogP contribution in [0.15, 0.2) is 48.5 Å². The Labute approximate surface area is 121 Å². The number of anilines is 1. The molecule has 0 aliphatic carbocycles. The number of amides is 1. The van der Waals surface area contributed by atoms with Gasteiger partial charge in [-0.15, -0.1) is 0 Å². The van der Waals surface area contributed by atoms with Gasteiger partial charge in [0.2, 0.25) is 0 Å². The highest BCUT2D eigenvalue weighted by atomic mass is 16.6. The molecule has 0 unspecified atom stereocenters. The van der Waals surface area contributed by atoms with Crippen LogP contribution in [0, 0.1) is 10.1 Å². The minimum Gasteiger partial charge on any atom is -0.326 e. The lowest BCUT2D eigenvalue weighted by Gasteiger charge is -2.17. The first kappa shape index (κ1) is 14.7. The van der Waals surface area contributed by atoms with Crippen LogP contribution in [-0.2, 0) is 6.54 Å². The third-order valence-electron chi connectivity index (χ3n) is 3.19. The van der Waals surface area contributed by atoms with E-state index in [1.807, 2.05) is 24.3 Å². The van der Waals surface area contributed by atoms with Gasteiger partial charge in [-0.3, -0.25) is 14.9 Å². The maximum absolute atomic E-state index is 12.3. The Balaban J connectivity index is 2.19. The van der Waals surface area contributed by atoms with Crippen LogP contribution in [-0.4, -0.2) is 17.9 Å². The summed E-state index contributed by atoms with van der Waals surface area (Å²) in [6, 6.07) is 12.9. The molecule has 6 nitrogen and oxygen atoms in total. The number of carbonyl (C=O) groups excluding carboxylic acids is 1. The fourth-order valence-corrected chi connectivity index (χ4v) is 1.89. The maximum Gasteiger partial charge on any atom is 0.269 e. The lowest BCUT2D eigenvalue weighted by atomic mass is 10.1. The first-order chi connectivity index (χ1) is 10.0. The number of carbonyl (C=O) groups is 1. The molecular formula is C15H15N3O3. The van der Waals surface area contributed by atoms with Crippen LogP contribution >= 0.6 is 0 Å². The van der Waals surface area contributed by atoms with E-state index in [-0.39, 0.29) is 11.6 Å². The van der Waals surface area contributed by atoms with Crippen molar-refractivity contribution in [2.24, 2.45) is 5.73 Å². The van der Waals surface area contributed by atoms with Gasteiger partial charge in [0.15, 0.2) is 0 Å². The van der Waals surface area contributed by atoms with E-state index in [1.165, 1.54) is 29.2 Å². The molecule has 2 rings (SSSR count). The number of nitrogens with zero attached hydrogens (tertiary/aromatic N) is 2. The Bertz CT molecular complexity index is 651. The van der Waals surface area contributed by atoms with Crippen LogP contribution in [0.1, 0.15) is 15.9 Å². The van der Waals surface area contributed by atoms with Crippen LogP contribution in [0.4, 0.5) is 11.4 Å². The van der Waals surface area contributed by atoms with E-state index in [0.29, 0.717) is 12.1 Å². The van der Waals surface area contributed by atoms with Gasteiger partial charge in [-0.2, -0.15) is 0 Å². The van der Waals surface area contributed by atoms with Crippen molar-refractivity contribution in [2.45, 2.75) is 6.54 Å². The van der Waals surface area contributed by atoms with Crippen LogP contribution in [0.2, 0.25) is 0 Å². The molecule has 0 radical (unpaired) electrons. The van der Waals surface area contributed by atoms with E-state index in [4.69, 9.17) is 5.73 Å². The third kappa shape index (κ3) is 3.24. The second-order valence-corrected chi connectivity index (χ2v) is 4.54. The van der Waals surface area contributed by atoms with Gasteiger partial charge < -0.3 is 10.6 Å². The Kier molecular flexibility index (Phi) is 4.30. The van der Waals surface area contributed by atoms with Gasteiger partial charge in [0.25, 0.3) is 11.6 Å². The summed E-state index contributed by atoms with van der Waals surface area (Å²) in [7, 11) is 1.65. The van der Waals surface area contributed by atoms with Gasteiger partial charge in [0.05, 0.1) is 4.92 Å². The molecule has 0 atom stereocenters. The monoisotopic (exact) mass is 285 g/mol. The van der Waals surface area contributed by atoms with Crippen LogP contribution in [0.3, 0.4) is 0 Å². The molecule has 0 bridgehead atoms. The first-order valence-electron chi connectivity index (χ1n) is 6.34. The van der Waals surface area contributed by atoms with Gasteiger partial charge in [-0.05, 0) is 29.8 Å². The number of benzene rings is 2. The van der Waals surface area contributed by atoms with Gasteiger partial charge in [-0.25, -0.2) is 0 Å². The summed E-state index contributed by atoms with van der Waals surface area (Å²) in [6.07, 6.45) is 0. The number of non-ortho nitro benzene ring substituents is 1. The molecule has 2 aromatic carbocycles. The predicted octanol–water partition coefficient (Wildman–Crippen LogP) is 2.33. The van der Waals surface area contributed by atoms with E-state index in [9.17, 15) is 14.9 Å². The number of hydrogen-bond donors (Lipinski definition) is 1. The lowest BCUT2D eigenvalue weighted by molar-refractivity contribution is -0.384. The maximum atomic E-state index is 12.3. The van der Waals surface area contributed by atoms with Crippen molar-refractivity contribution in [3.63, 3.8) is 0 Å². The smallest absolute Gasteiger partial charge is 0.269 e. The molecule has 2 N–H and O–H groups in total. The Hall–Kier alpha value is -2.73. The topological polar surface area (TPSA) is 89.5 Å². The van der Waals surface area contributed by atoms with Crippen molar-refractivity contribution >= 4 is 17.3 Å². The van der Waals surface area contributed by atoms with Crippen molar-refractivity contribution in [1.29, 1.82) is 0 Å². The molecule has 0 aliphatic rings. The quantitative estimate of drug-likeness (QED) is 0.689. The average Bonchev–Trinajstić information content (AvgIpc) is 2.53. The van der Waals surface area contributed by atoms with Crippen LogP contribution < -0.4 is 10.6 Å². The second kappa shape index (κ2) is 6.15. The summed E-state index contributed by atoms with van der Waals surface area (Å²) in [5.74, 6) is -0.231. The van der Waals surface area contributed by atoms with Gasteiger partial charge >= 0.3 is 0 Å². The third-order valence-corrected chi connectivity index (χ3v) is 3.19. The summed E-state index contributed by atoms with van der Waals surface area (Å²) in [6.45, 7) is 0.445. The lowest BCUT2D eigenvalue weighted by Crippen LogP contribution is -2.26. The highest BCUT2D eigenvalue weighted by Crippen LogP contribution is 2.18. The number of hydrogen-bond acceptors (Lipinski definition) is 4. The van der Waals surface area contributed by atoms with Gasteiger partial charge in [0.1, 0.15) is 0 Å². The molecule has 108 valence electrons. The fraction of sp³-hybridized carbons (Fsp3) is 0.133. The number of nitro benzene ring substituents is 1. The number of nitrogens with two attached hydrogens (primary N) is 1. The molecule has 0 aliphatic heterocycles. The molecule has 0 saturated heterocycles. The number of rotatable bonds is 4. The first-order valence-corrected chi connectivity index (χ1v) is 6.34. The van der Waals surface area contributed by atoms with Crippen molar-refractivity contribution < 1.29 is 9.72 Å². The molecule has 21 heavy (non-hydrogen) atoms. The molecule has 2 aromatic rings. The molecule has 0 fully saturated rings. The zero-order valence-electron chi connectivity index (χ0n) is 11.5. The summed E-state index contributed by atoms with van der Waals surface area (Å²) in [4.78, 5) is 23.9. The molecule has 0 spiro atoms. The number of nitro groups is 1. The van der Waals surface area contributed by atoms with E-state index in [1.54, 1.807) is 7.05 Å². The Morgan fingerprint density at radius 3 is 2.19 bits per heavy atom. The van der Waals surface area contributed by atoms with Crippen molar-refractivity contribution in [3.05, 3.63) is 69.8 Å². The van der Waals surface area contributed by atoms with Crippen molar-refractivity contribution in [1.82, 2.24) is 0 Å². The Morgan fingerprint density at radius 1 is 1.14 bits per heavy atom. The molecule has 0 heterocycles. The summed E-state index contributed by atoms with van der Waals surface area (Å²) < 4.78 is 0. The minimum atomic E-state index is -0.497. The molecule has 0 aromatic heterocycles. The largest absolute Gasteiger partial charge is 0.326 e. The summed E-state index contributed by atoms with van der Waals surface area (Å²) >= 11 is 0. The van der Waals surface area contributed by atoms with Gasteiger partial charge in [-0.1, -0.05) is 12.1 Å². The predicted molar refractivity (Wildman–Crippen MR) is 80.2 cm³/mol. The fourth-order valence-electron chi connectivity index (χ4n) is 1.89. The highest BCUT2D eigenvalue weighted by Gasteiger charge is 2.14. The van der Waals surface area contributed by atoms with E-state index in [2.05, 4.69) is 0 Å². The normalized spacial score (nSPS) is 10.2. The summed E-state index contributed by atoms with van der Waals surface area (Å²) in [5.41, 5.74) is 7.60. The van der Waals surface area contributed by atoms with Crippen LogP contribution in [0.5, 0.6) is 0 Å². The molecule has 0 saturated carbocycles. The van der Waals surface area contributed by atoms with Crippen molar-refractivity contribution in [3.8, 4) is 0 Å². The van der Waals surface area contributed by atoms with E-state index >= 15 is 0 Å². The summed E-state index contributed by atoms with van der Waals surface area (Å²) in [5, 5.41) is 10.6. The van der Waals surface area contributed by atoms with E-state index < -0.39 is 4.92 Å². The minimum absolute atomic E-state index is 0.0403.